The van der Waals surface area contributed by atoms with Gasteiger partial charge in [-0.15, -0.1) is 0 Å². The van der Waals surface area contributed by atoms with Crippen LogP contribution >= 0.6 is 0 Å². The van der Waals surface area contributed by atoms with Gasteiger partial charge in [-0.3, -0.25) is 0 Å². The van der Waals surface area contributed by atoms with Crippen LogP contribution in [0.4, 0.5) is 18.0 Å². The number of nitrogens with one attached hydrogen (secondary N) is 2. The van der Waals surface area contributed by atoms with Gasteiger partial charge in [0.2, 0.25) is 0 Å². The van der Waals surface area contributed by atoms with Crippen molar-refractivity contribution in [2.45, 2.75) is 12.5 Å². The minimum Gasteiger partial charge on any atom is -0.386 e. The fourth-order valence-corrected chi connectivity index (χ4v) is 2.20. The van der Waals surface area contributed by atoms with Crippen LogP contribution in [0.5, 0.6) is 0 Å². The second-order valence-electron chi connectivity index (χ2n) is 5.17. The van der Waals surface area contributed by atoms with Crippen LogP contribution in [0.2, 0.25) is 0 Å². The van der Waals surface area contributed by atoms with E-state index in [-0.39, 0.29) is 18.9 Å². The van der Waals surface area contributed by atoms with Crippen molar-refractivity contribution in [1.29, 1.82) is 0 Å². The molecular formula is C17H17F3N2O2. The molecule has 0 saturated heterocycles. The van der Waals surface area contributed by atoms with Crippen molar-refractivity contribution < 1.29 is 23.1 Å². The van der Waals surface area contributed by atoms with Crippen molar-refractivity contribution in [2.24, 2.45) is 0 Å². The monoisotopic (exact) mass is 338 g/mol. The highest BCUT2D eigenvalue weighted by Crippen LogP contribution is 2.19. The van der Waals surface area contributed by atoms with E-state index < -0.39 is 29.3 Å². The molecule has 0 fully saturated rings. The molecule has 0 aliphatic carbocycles. The lowest BCUT2D eigenvalue weighted by Gasteiger charge is -2.14. The first-order valence-corrected chi connectivity index (χ1v) is 7.35. The van der Waals surface area contributed by atoms with Crippen molar-refractivity contribution >= 4 is 6.03 Å². The van der Waals surface area contributed by atoms with Gasteiger partial charge in [0, 0.05) is 13.1 Å². The van der Waals surface area contributed by atoms with E-state index in [0.29, 0.717) is 6.42 Å². The standard InChI is InChI=1S/C17H17F3N2O2/c18-12-4-1-3-11(9-12)7-8-21-17(24)22-10-15(23)16-13(19)5-2-6-14(16)20/h1-6,9,15,23H,7-8,10H2,(H2,21,22,24). The molecule has 2 amide bonds. The van der Waals surface area contributed by atoms with E-state index >= 15 is 0 Å². The second kappa shape index (κ2) is 8.35. The third-order valence-electron chi connectivity index (χ3n) is 3.38. The van der Waals surface area contributed by atoms with Crippen LogP contribution in [-0.4, -0.2) is 24.2 Å². The van der Waals surface area contributed by atoms with E-state index in [4.69, 9.17) is 0 Å². The smallest absolute Gasteiger partial charge is 0.314 e. The minimum atomic E-state index is -1.50. The molecule has 4 nitrogen and oxygen atoms in total. The van der Waals surface area contributed by atoms with Crippen molar-refractivity contribution in [3.63, 3.8) is 0 Å². The van der Waals surface area contributed by atoms with Crippen LogP contribution in [0.15, 0.2) is 42.5 Å². The van der Waals surface area contributed by atoms with Crippen LogP contribution < -0.4 is 10.6 Å². The third-order valence-corrected chi connectivity index (χ3v) is 3.38. The van der Waals surface area contributed by atoms with E-state index in [1.54, 1.807) is 12.1 Å². The zero-order valence-corrected chi connectivity index (χ0v) is 12.7. The molecule has 0 radical (unpaired) electrons. The first-order chi connectivity index (χ1) is 11.5. The van der Waals surface area contributed by atoms with Gasteiger partial charge in [0.25, 0.3) is 0 Å². The molecule has 0 aliphatic heterocycles. The molecule has 0 aromatic heterocycles. The summed E-state index contributed by atoms with van der Waals surface area (Å²) < 4.78 is 40.0. The second-order valence-corrected chi connectivity index (χ2v) is 5.17. The maximum atomic E-state index is 13.5. The van der Waals surface area contributed by atoms with Gasteiger partial charge < -0.3 is 15.7 Å². The Morgan fingerprint density at radius 2 is 1.71 bits per heavy atom. The molecule has 128 valence electrons. The number of carbonyl (C=O) groups excluding carboxylic acids is 1. The molecule has 1 atom stereocenters. The number of halogens is 3. The molecule has 2 aromatic rings. The summed E-state index contributed by atoms with van der Waals surface area (Å²) in [5.74, 6) is -2.11. The number of hydrogen-bond acceptors (Lipinski definition) is 2. The summed E-state index contributed by atoms with van der Waals surface area (Å²) in [7, 11) is 0. The highest BCUT2D eigenvalue weighted by atomic mass is 19.1. The third kappa shape index (κ3) is 4.99. The summed E-state index contributed by atoms with van der Waals surface area (Å²) in [4.78, 5) is 11.6. The largest absolute Gasteiger partial charge is 0.386 e. The molecule has 24 heavy (non-hydrogen) atoms. The lowest BCUT2D eigenvalue weighted by atomic mass is 10.1. The van der Waals surface area contributed by atoms with Crippen LogP contribution in [0, 0.1) is 17.5 Å². The first-order valence-electron chi connectivity index (χ1n) is 7.35. The Morgan fingerprint density at radius 1 is 1.04 bits per heavy atom. The molecule has 0 spiro atoms. The van der Waals surface area contributed by atoms with E-state index in [0.717, 1.165) is 17.7 Å². The SMILES string of the molecule is O=C(NCCc1cccc(F)c1)NCC(O)c1c(F)cccc1F. The number of hydrogen-bond donors (Lipinski definition) is 3. The summed E-state index contributed by atoms with van der Waals surface area (Å²) in [6.45, 7) is -0.0942. The van der Waals surface area contributed by atoms with E-state index in [9.17, 15) is 23.1 Å². The molecular weight excluding hydrogens is 321 g/mol. The van der Waals surface area contributed by atoms with Gasteiger partial charge >= 0.3 is 6.03 Å². The summed E-state index contributed by atoms with van der Waals surface area (Å²) >= 11 is 0. The van der Waals surface area contributed by atoms with Crippen LogP contribution in [0.3, 0.4) is 0 Å². The Morgan fingerprint density at radius 3 is 2.38 bits per heavy atom. The van der Waals surface area contributed by atoms with Gasteiger partial charge in [-0.1, -0.05) is 18.2 Å². The molecule has 0 saturated carbocycles. The van der Waals surface area contributed by atoms with Gasteiger partial charge in [0.1, 0.15) is 23.6 Å². The lowest BCUT2D eigenvalue weighted by Crippen LogP contribution is -2.39. The maximum Gasteiger partial charge on any atom is 0.314 e. The fraction of sp³-hybridized carbons (Fsp3) is 0.235. The van der Waals surface area contributed by atoms with Crippen LogP contribution in [-0.2, 0) is 6.42 Å². The Bertz CT molecular complexity index is 690. The van der Waals surface area contributed by atoms with E-state index in [1.165, 1.54) is 18.2 Å². The van der Waals surface area contributed by atoms with Gasteiger partial charge in [-0.25, -0.2) is 18.0 Å². The quantitative estimate of drug-likeness (QED) is 0.758. The summed E-state index contributed by atoms with van der Waals surface area (Å²) in [6.07, 6.45) is -1.07. The highest BCUT2D eigenvalue weighted by Gasteiger charge is 2.18. The average molecular weight is 338 g/mol. The molecule has 3 N–H and O–H groups in total. The highest BCUT2D eigenvalue weighted by molar-refractivity contribution is 5.73. The van der Waals surface area contributed by atoms with Crippen molar-refractivity contribution in [2.75, 3.05) is 13.1 Å². The van der Waals surface area contributed by atoms with Crippen molar-refractivity contribution in [1.82, 2.24) is 10.6 Å². The number of urea groups is 1. The summed E-state index contributed by atoms with van der Waals surface area (Å²) in [5.41, 5.74) is 0.237. The summed E-state index contributed by atoms with van der Waals surface area (Å²) in [6, 6.07) is 8.64. The first kappa shape index (κ1) is 17.8. The number of carbonyl (C=O) groups is 1. The Hall–Kier alpha value is -2.54. The Balaban J connectivity index is 1.77. The van der Waals surface area contributed by atoms with Gasteiger partial charge in [0.15, 0.2) is 0 Å². The normalized spacial score (nSPS) is 11.8. The Kier molecular flexibility index (Phi) is 6.20. The van der Waals surface area contributed by atoms with E-state index in [1.807, 2.05) is 0 Å². The molecule has 2 aromatic carbocycles. The summed E-state index contributed by atoms with van der Waals surface area (Å²) in [5, 5.41) is 14.6. The van der Waals surface area contributed by atoms with Crippen molar-refractivity contribution in [3.8, 4) is 0 Å². The molecule has 0 bridgehead atoms. The Labute approximate surface area is 137 Å². The topological polar surface area (TPSA) is 61.4 Å². The fourth-order valence-electron chi connectivity index (χ4n) is 2.20. The molecule has 2 rings (SSSR count). The van der Waals surface area contributed by atoms with Gasteiger partial charge in [-0.05, 0) is 36.2 Å². The number of amides is 2. The molecule has 7 heteroatoms. The van der Waals surface area contributed by atoms with Crippen LogP contribution in [0.25, 0.3) is 0 Å². The number of benzene rings is 2. The predicted molar refractivity (Wildman–Crippen MR) is 82.8 cm³/mol. The number of aliphatic hydroxyl groups is 1. The van der Waals surface area contributed by atoms with Crippen molar-refractivity contribution in [3.05, 3.63) is 71.0 Å². The number of aliphatic hydroxyl groups excluding tert-OH is 1. The number of rotatable bonds is 6. The van der Waals surface area contributed by atoms with E-state index in [2.05, 4.69) is 10.6 Å². The maximum absolute atomic E-state index is 13.5. The lowest BCUT2D eigenvalue weighted by molar-refractivity contribution is 0.164. The molecule has 0 aliphatic rings. The zero-order valence-electron chi connectivity index (χ0n) is 12.7. The van der Waals surface area contributed by atoms with Gasteiger partial charge in [0.05, 0.1) is 5.56 Å². The molecule has 0 heterocycles. The zero-order chi connectivity index (χ0) is 17.5. The van der Waals surface area contributed by atoms with Gasteiger partial charge in [-0.2, -0.15) is 0 Å². The molecule has 1 unspecified atom stereocenters. The average Bonchev–Trinajstić information content (AvgIpc) is 2.53. The minimum absolute atomic E-state index is 0.249. The van der Waals surface area contributed by atoms with Crippen LogP contribution in [0.1, 0.15) is 17.2 Å². The predicted octanol–water partition coefficient (Wildman–Crippen LogP) is 2.68.